The molecule has 0 bridgehead atoms. The Morgan fingerprint density at radius 3 is 2.30 bits per heavy atom. The summed E-state index contributed by atoms with van der Waals surface area (Å²) >= 11 is 0. The molecule has 0 aromatic carbocycles. The molecular formula is C18H37NO. The summed E-state index contributed by atoms with van der Waals surface area (Å²) in [5, 5.41) is 10.4. The fourth-order valence-electron chi connectivity index (χ4n) is 3.74. The van der Waals surface area contributed by atoms with E-state index in [1.165, 1.54) is 19.3 Å². The maximum atomic E-state index is 10.4. The van der Waals surface area contributed by atoms with Crippen molar-refractivity contribution < 1.29 is 5.11 Å². The second-order valence-corrected chi connectivity index (χ2v) is 8.13. The van der Waals surface area contributed by atoms with E-state index in [1.54, 1.807) is 0 Å². The summed E-state index contributed by atoms with van der Waals surface area (Å²) in [6.45, 7) is 14.0. The lowest BCUT2D eigenvalue weighted by atomic mass is 9.67. The topological polar surface area (TPSA) is 23.5 Å². The van der Waals surface area contributed by atoms with Crippen LogP contribution < -0.4 is 0 Å². The van der Waals surface area contributed by atoms with Gasteiger partial charge in [-0.25, -0.2) is 0 Å². The number of hydrogen-bond acceptors (Lipinski definition) is 2. The molecule has 2 nitrogen and oxygen atoms in total. The van der Waals surface area contributed by atoms with Gasteiger partial charge in [0.1, 0.15) is 0 Å². The highest BCUT2D eigenvalue weighted by Crippen LogP contribution is 2.42. The minimum atomic E-state index is -0.140. The van der Waals surface area contributed by atoms with Gasteiger partial charge in [0.05, 0.1) is 6.10 Å². The van der Waals surface area contributed by atoms with Crippen LogP contribution in [0.25, 0.3) is 0 Å². The van der Waals surface area contributed by atoms with Crippen molar-refractivity contribution in [3.05, 3.63) is 0 Å². The van der Waals surface area contributed by atoms with Crippen molar-refractivity contribution >= 4 is 0 Å². The Morgan fingerprint density at radius 2 is 1.80 bits per heavy atom. The van der Waals surface area contributed by atoms with E-state index in [0.717, 1.165) is 24.7 Å². The standard InChI is InChI=1S/C18H37NO/c1-8-18(5,6)15-9-10-17(20)16(12-15)19(7)14(4)11-13(2)3/h13-17,20H,8-12H2,1-7H3. The molecule has 1 saturated carbocycles. The zero-order valence-corrected chi connectivity index (χ0v) is 14.8. The van der Waals surface area contributed by atoms with E-state index in [1.807, 2.05) is 0 Å². The van der Waals surface area contributed by atoms with Crippen LogP contribution in [0, 0.1) is 17.3 Å². The van der Waals surface area contributed by atoms with Crippen LogP contribution in [0.4, 0.5) is 0 Å². The Balaban J connectivity index is 2.71. The molecule has 20 heavy (non-hydrogen) atoms. The number of aliphatic hydroxyl groups excluding tert-OH is 1. The van der Waals surface area contributed by atoms with E-state index in [4.69, 9.17) is 0 Å². The quantitative estimate of drug-likeness (QED) is 0.785. The minimum absolute atomic E-state index is 0.140. The average Bonchev–Trinajstić information content (AvgIpc) is 2.37. The van der Waals surface area contributed by atoms with Gasteiger partial charge in [-0.15, -0.1) is 0 Å². The van der Waals surface area contributed by atoms with Crippen LogP contribution in [0.2, 0.25) is 0 Å². The van der Waals surface area contributed by atoms with Crippen LogP contribution in [-0.2, 0) is 0 Å². The van der Waals surface area contributed by atoms with Crippen molar-refractivity contribution in [1.82, 2.24) is 4.90 Å². The number of likely N-dealkylation sites (N-methyl/N-ethyl adjacent to an activating group) is 1. The van der Waals surface area contributed by atoms with Crippen molar-refractivity contribution in [2.75, 3.05) is 7.05 Å². The third-order valence-electron chi connectivity index (χ3n) is 5.83. The molecule has 0 aromatic rings. The SMILES string of the molecule is CCC(C)(C)C1CCC(O)C(N(C)C(C)CC(C)C)C1. The molecule has 4 atom stereocenters. The summed E-state index contributed by atoms with van der Waals surface area (Å²) < 4.78 is 0. The first kappa shape index (κ1) is 18.0. The van der Waals surface area contributed by atoms with E-state index in [-0.39, 0.29) is 6.10 Å². The van der Waals surface area contributed by atoms with Crippen LogP contribution in [-0.4, -0.2) is 35.2 Å². The lowest BCUT2D eigenvalue weighted by Gasteiger charge is -2.46. The molecule has 1 aliphatic carbocycles. The second-order valence-electron chi connectivity index (χ2n) is 8.13. The normalized spacial score (nSPS) is 30.0. The van der Waals surface area contributed by atoms with Gasteiger partial charge in [0.15, 0.2) is 0 Å². The molecule has 0 radical (unpaired) electrons. The first-order chi connectivity index (χ1) is 9.19. The van der Waals surface area contributed by atoms with Crippen LogP contribution in [0.3, 0.4) is 0 Å². The molecule has 120 valence electrons. The number of hydrogen-bond donors (Lipinski definition) is 1. The maximum Gasteiger partial charge on any atom is 0.0695 e. The van der Waals surface area contributed by atoms with Gasteiger partial charge < -0.3 is 5.11 Å². The summed E-state index contributed by atoms with van der Waals surface area (Å²) in [6.07, 6.45) is 5.61. The third-order valence-corrected chi connectivity index (χ3v) is 5.83. The van der Waals surface area contributed by atoms with E-state index >= 15 is 0 Å². The van der Waals surface area contributed by atoms with Gasteiger partial charge in [-0.3, -0.25) is 4.90 Å². The Bertz CT molecular complexity index is 287. The molecule has 0 aromatic heterocycles. The van der Waals surface area contributed by atoms with Gasteiger partial charge in [0.25, 0.3) is 0 Å². The van der Waals surface area contributed by atoms with Crippen LogP contribution in [0.5, 0.6) is 0 Å². The molecule has 0 amide bonds. The maximum absolute atomic E-state index is 10.4. The number of aliphatic hydroxyl groups is 1. The Hall–Kier alpha value is -0.0800. The summed E-state index contributed by atoms with van der Waals surface area (Å²) in [7, 11) is 2.21. The largest absolute Gasteiger partial charge is 0.391 e. The lowest BCUT2D eigenvalue weighted by Crippen LogP contribution is -2.50. The van der Waals surface area contributed by atoms with E-state index in [9.17, 15) is 5.11 Å². The molecule has 0 saturated heterocycles. The lowest BCUT2D eigenvalue weighted by molar-refractivity contribution is -0.0260. The Kier molecular flexibility index (Phi) is 6.53. The van der Waals surface area contributed by atoms with Gasteiger partial charge in [-0.05, 0) is 56.9 Å². The van der Waals surface area contributed by atoms with Crippen molar-refractivity contribution in [1.29, 1.82) is 0 Å². The van der Waals surface area contributed by atoms with Crippen molar-refractivity contribution in [2.45, 2.75) is 91.8 Å². The molecule has 0 aliphatic heterocycles. The summed E-state index contributed by atoms with van der Waals surface area (Å²) in [6, 6.07) is 0.895. The van der Waals surface area contributed by atoms with Gasteiger partial charge in [0, 0.05) is 12.1 Å². The molecule has 1 N–H and O–H groups in total. The van der Waals surface area contributed by atoms with Crippen LogP contribution in [0.15, 0.2) is 0 Å². The predicted molar refractivity (Wildman–Crippen MR) is 87.9 cm³/mol. The average molecular weight is 284 g/mol. The highest BCUT2D eigenvalue weighted by molar-refractivity contribution is 4.92. The van der Waals surface area contributed by atoms with Gasteiger partial charge >= 0.3 is 0 Å². The highest BCUT2D eigenvalue weighted by Gasteiger charge is 2.38. The molecule has 4 unspecified atom stereocenters. The number of rotatable bonds is 6. The van der Waals surface area contributed by atoms with Gasteiger partial charge in [-0.2, -0.15) is 0 Å². The summed E-state index contributed by atoms with van der Waals surface area (Å²) in [4.78, 5) is 2.45. The zero-order chi connectivity index (χ0) is 15.5. The molecule has 0 spiro atoms. The molecule has 1 fully saturated rings. The van der Waals surface area contributed by atoms with E-state index in [0.29, 0.717) is 17.5 Å². The summed E-state index contributed by atoms with van der Waals surface area (Å²) in [5.74, 6) is 1.46. The number of nitrogens with zero attached hydrogens (tertiary/aromatic N) is 1. The van der Waals surface area contributed by atoms with Gasteiger partial charge in [-0.1, -0.05) is 41.0 Å². The molecule has 0 heterocycles. The fraction of sp³-hybridized carbons (Fsp3) is 1.00. The summed E-state index contributed by atoms with van der Waals surface area (Å²) in [5.41, 5.74) is 0.403. The Labute approximate surface area is 126 Å². The van der Waals surface area contributed by atoms with E-state index in [2.05, 4.69) is 53.5 Å². The first-order valence-corrected chi connectivity index (χ1v) is 8.59. The second kappa shape index (κ2) is 7.26. The zero-order valence-electron chi connectivity index (χ0n) is 14.8. The minimum Gasteiger partial charge on any atom is -0.391 e. The third kappa shape index (κ3) is 4.46. The van der Waals surface area contributed by atoms with Crippen LogP contribution in [0.1, 0.15) is 73.6 Å². The van der Waals surface area contributed by atoms with E-state index < -0.39 is 0 Å². The van der Waals surface area contributed by atoms with Crippen LogP contribution >= 0.6 is 0 Å². The predicted octanol–water partition coefficient (Wildman–Crippen LogP) is 4.32. The first-order valence-electron chi connectivity index (χ1n) is 8.59. The fourth-order valence-corrected chi connectivity index (χ4v) is 3.74. The molecule has 1 rings (SSSR count). The monoisotopic (exact) mass is 283 g/mol. The van der Waals surface area contributed by atoms with Crippen molar-refractivity contribution in [2.24, 2.45) is 17.3 Å². The smallest absolute Gasteiger partial charge is 0.0695 e. The molecular weight excluding hydrogens is 246 g/mol. The van der Waals surface area contributed by atoms with Crippen molar-refractivity contribution in [3.63, 3.8) is 0 Å². The van der Waals surface area contributed by atoms with Crippen molar-refractivity contribution in [3.8, 4) is 0 Å². The molecule has 2 heteroatoms. The highest BCUT2D eigenvalue weighted by atomic mass is 16.3. The Morgan fingerprint density at radius 1 is 1.20 bits per heavy atom. The molecule has 1 aliphatic rings. The van der Waals surface area contributed by atoms with Gasteiger partial charge in [0.2, 0.25) is 0 Å².